The Morgan fingerprint density at radius 1 is 1.67 bits per heavy atom. The molecule has 0 spiro atoms. The van der Waals surface area contributed by atoms with Crippen molar-refractivity contribution in [2.75, 3.05) is 6.54 Å². The molecule has 0 amide bonds. The lowest BCUT2D eigenvalue weighted by Gasteiger charge is -2.15. The van der Waals surface area contributed by atoms with Gasteiger partial charge in [0.1, 0.15) is 5.78 Å². The Kier molecular flexibility index (Phi) is 4.39. The van der Waals surface area contributed by atoms with Crippen LogP contribution >= 0.6 is 22.9 Å². The Bertz CT molecular complexity index is 103. The highest BCUT2D eigenvalue weighted by Crippen LogP contribution is 2.04. The van der Waals surface area contributed by atoms with Gasteiger partial charge in [-0.05, 0) is 20.8 Å². The van der Waals surface area contributed by atoms with Gasteiger partial charge in [0.05, 0.1) is 6.54 Å². The highest BCUT2D eigenvalue weighted by Gasteiger charge is 2.05. The zero-order valence-electron chi connectivity index (χ0n) is 6.02. The summed E-state index contributed by atoms with van der Waals surface area (Å²) in [4.78, 5) is 10.5. The highest BCUT2D eigenvalue weighted by molar-refractivity contribution is 14.1. The molecule has 9 heavy (non-hydrogen) atoms. The monoisotopic (exact) mass is 241 g/mol. The second-order valence-electron chi connectivity index (χ2n) is 2.35. The van der Waals surface area contributed by atoms with Crippen LogP contribution in [0.25, 0.3) is 0 Å². The highest BCUT2D eigenvalue weighted by atomic mass is 127. The molecule has 0 bridgehead atoms. The van der Waals surface area contributed by atoms with E-state index in [-0.39, 0.29) is 5.78 Å². The van der Waals surface area contributed by atoms with Gasteiger partial charge in [-0.2, -0.15) is 0 Å². The summed E-state index contributed by atoms with van der Waals surface area (Å²) in [5.41, 5.74) is 0. The van der Waals surface area contributed by atoms with Crippen molar-refractivity contribution in [1.29, 1.82) is 0 Å². The van der Waals surface area contributed by atoms with Gasteiger partial charge in [0.2, 0.25) is 0 Å². The molecular weight excluding hydrogens is 229 g/mol. The van der Waals surface area contributed by atoms with Gasteiger partial charge in [0.15, 0.2) is 0 Å². The summed E-state index contributed by atoms with van der Waals surface area (Å²) in [6.45, 7) is 6.29. The van der Waals surface area contributed by atoms with E-state index in [2.05, 4.69) is 36.7 Å². The van der Waals surface area contributed by atoms with Crippen LogP contribution in [0.3, 0.4) is 0 Å². The van der Waals surface area contributed by atoms with E-state index in [1.165, 1.54) is 0 Å². The SMILES string of the molecule is CC(=O)CN(I)C(C)C. The van der Waals surface area contributed by atoms with Crippen molar-refractivity contribution in [3.05, 3.63) is 0 Å². The molecule has 0 aliphatic rings. The number of carbonyl (C=O) groups is 1. The van der Waals surface area contributed by atoms with Crippen LogP contribution in [0.15, 0.2) is 0 Å². The van der Waals surface area contributed by atoms with Crippen molar-refractivity contribution in [3.8, 4) is 0 Å². The first-order valence-corrected chi connectivity index (χ1v) is 3.92. The van der Waals surface area contributed by atoms with Crippen LogP contribution < -0.4 is 0 Å². The maximum atomic E-state index is 10.5. The lowest BCUT2D eigenvalue weighted by molar-refractivity contribution is -0.117. The molecule has 3 heteroatoms. The molecule has 0 radical (unpaired) electrons. The third-order valence-corrected chi connectivity index (χ3v) is 2.39. The molecule has 0 N–H and O–H groups in total. The van der Waals surface area contributed by atoms with E-state index in [4.69, 9.17) is 0 Å². The minimum absolute atomic E-state index is 0.220. The second-order valence-corrected chi connectivity index (χ2v) is 3.59. The van der Waals surface area contributed by atoms with Crippen molar-refractivity contribution in [1.82, 2.24) is 3.11 Å². The Labute approximate surface area is 70.1 Å². The van der Waals surface area contributed by atoms with Gasteiger partial charge in [-0.1, -0.05) is 0 Å². The van der Waals surface area contributed by atoms with Gasteiger partial charge in [-0.15, -0.1) is 0 Å². The summed E-state index contributed by atoms with van der Waals surface area (Å²) in [6.07, 6.45) is 0. The van der Waals surface area contributed by atoms with Crippen LogP contribution in [0, 0.1) is 0 Å². The van der Waals surface area contributed by atoms with Gasteiger partial charge in [0.25, 0.3) is 0 Å². The predicted octanol–water partition coefficient (Wildman–Crippen LogP) is 1.64. The average Bonchev–Trinajstić information content (AvgIpc) is 1.63. The minimum Gasteiger partial charge on any atom is -0.299 e. The van der Waals surface area contributed by atoms with Gasteiger partial charge in [-0.25, -0.2) is 3.11 Å². The number of halogens is 1. The van der Waals surface area contributed by atoms with Gasteiger partial charge >= 0.3 is 0 Å². The van der Waals surface area contributed by atoms with Crippen molar-refractivity contribution in [2.24, 2.45) is 0 Å². The fourth-order valence-electron chi connectivity index (χ4n) is 0.395. The Morgan fingerprint density at radius 2 is 2.11 bits per heavy atom. The number of nitrogens with zero attached hydrogens (tertiary/aromatic N) is 1. The van der Waals surface area contributed by atoms with Crippen molar-refractivity contribution in [2.45, 2.75) is 26.8 Å². The predicted molar refractivity (Wildman–Crippen MR) is 46.5 cm³/mol. The molecule has 0 aliphatic carbocycles. The first kappa shape index (κ1) is 9.36. The van der Waals surface area contributed by atoms with Crippen LogP contribution in [0.1, 0.15) is 20.8 Å². The van der Waals surface area contributed by atoms with Gasteiger partial charge in [-0.3, -0.25) is 4.79 Å². The van der Waals surface area contributed by atoms with E-state index in [1.807, 2.05) is 3.11 Å². The normalized spacial score (nSPS) is 10.9. The van der Waals surface area contributed by atoms with Crippen molar-refractivity contribution >= 4 is 28.6 Å². The van der Waals surface area contributed by atoms with Crippen LogP contribution in [0.4, 0.5) is 0 Å². The Morgan fingerprint density at radius 3 is 2.22 bits per heavy atom. The van der Waals surface area contributed by atoms with Crippen molar-refractivity contribution < 1.29 is 4.79 Å². The molecule has 0 saturated carbocycles. The summed E-state index contributed by atoms with van der Waals surface area (Å²) < 4.78 is 1.99. The number of hydrogen-bond acceptors (Lipinski definition) is 2. The summed E-state index contributed by atoms with van der Waals surface area (Å²) in [5.74, 6) is 0.220. The van der Waals surface area contributed by atoms with Crippen molar-refractivity contribution in [3.63, 3.8) is 0 Å². The molecule has 0 aliphatic heterocycles. The summed E-state index contributed by atoms with van der Waals surface area (Å²) in [5, 5.41) is 0. The minimum atomic E-state index is 0.220. The fourth-order valence-corrected chi connectivity index (χ4v) is 0.876. The van der Waals surface area contributed by atoms with Gasteiger partial charge < -0.3 is 0 Å². The number of Topliss-reactive ketones (excluding diaryl/α,β-unsaturated/α-hetero) is 1. The molecule has 0 aromatic carbocycles. The summed E-state index contributed by atoms with van der Waals surface area (Å²) in [7, 11) is 0. The van der Waals surface area contributed by atoms with E-state index in [0.29, 0.717) is 12.6 Å². The number of carbonyl (C=O) groups excluding carboxylic acids is 1. The lowest BCUT2D eigenvalue weighted by atomic mass is 10.3. The van der Waals surface area contributed by atoms with Gasteiger partial charge in [0, 0.05) is 28.9 Å². The van der Waals surface area contributed by atoms with E-state index < -0.39 is 0 Å². The molecule has 54 valence electrons. The molecule has 0 aromatic rings. The third-order valence-electron chi connectivity index (χ3n) is 0.934. The number of hydrogen-bond donors (Lipinski definition) is 0. The molecule has 0 heterocycles. The first-order chi connectivity index (χ1) is 4.04. The molecule has 0 rings (SSSR count). The summed E-state index contributed by atoms with van der Waals surface area (Å²) in [6, 6.07) is 0.453. The topological polar surface area (TPSA) is 20.3 Å². The number of rotatable bonds is 3. The van der Waals surface area contributed by atoms with E-state index >= 15 is 0 Å². The molecule has 0 unspecified atom stereocenters. The van der Waals surface area contributed by atoms with Crippen LogP contribution in [0.5, 0.6) is 0 Å². The summed E-state index contributed by atoms with van der Waals surface area (Å²) >= 11 is 2.16. The van der Waals surface area contributed by atoms with Crippen LogP contribution in [-0.4, -0.2) is 21.5 Å². The molecular formula is C6H12INO. The van der Waals surface area contributed by atoms with E-state index in [9.17, 15) is 4.79 Å². The zero-order chi connectivity index (χ0) is 7.44. The van der Waals surface area contributed by atoms with E-state index in [1.54, 1.807) is 6.92 Å². The largest absolute Gasteiger partial charge is 0.299 e. The van der Waals surface area contributed by atoms with Crippen LogP contribution in [0.2, 0.25) is 0 Å². The molecule has 0 aromatic heterocycles. The average molecular weight is 241 g/mol. The molecule has 2 nitrogen and oxygen atoms in total. The standard InChI is InChI=1S/C6H12INO/c1-5(2)8(7)4-6(3)9/h5H,4H2,1-3H3. The first-order valence-electron chi connectivity index (χ1n) is 2.96. The third kappa shape index (κ3) is 4.84. The fraction of sp³-hybridized carbons (Fsp3) is 0.833. The lowest BCUT2D eigenvalue weighted by Crippen LogP contribution is -2.25. The molecule has 0 atom stereocenters. The Balaban J connectivity index is 3.50. The maximum Gasteiger partial charge on any atom is 0.144 e. The van der Waals surface area contributed by atoms with E-state index in [0.717, 1.165) is 0 Å². The van der Waals surface area contributed by atoms with Crippen LogP contribution in [-0.2, 0) is 4.79 Å². The maximum absolute atomic E-state index is 10.5. The second kappa shape index (κ2) is 4.22. The Hall–Kier alpha value is 0.360. The molecule has 0 fully saturated rings. The zero-order valence-corrected chi connectivity index (χ0v) is 8.18. The quantitative estimate of drug-likeness (QED) is 0.553. The molecule has 0 saturated heterocycles. The number of ketones is 1. The smallest absolute Gasteiger partial charge is 0.144 e.